The number of nitrogens with zero attached hydrogens (tertiary/aromatic N) is 1. The quantitative estimate of drug-likeness (QED) is 0.406. The largest absolute Gasteiger partial charge is 0.253 e. The predicted octanol–water partition coefficient (Wildman–Crippen LogP) is 8.48. The number of rotatable bonds is 7. The average Bonchev–Trinajstić information content (AvgIpc) is 3.21. The molecule has 1 aliphatic carbocycles. The monoisotopic (exact) mass is 401 g/mol. The van der Waals surface area contributed by atoms with Crippen molar-refractivity contribution in [2.24, 2.45) is 22.7 Å². The second kappa shape index (κ2) is 10.8. The summed E-state index contributed by atoms with van der Waals surface area (Å²) in [6.07, 6.45) is 17.4. The fourth-order valence-corrected chi connectivity index (χ4v) is 5.37. The first kappa shape index (κ1) is 22.5. The fraction of sp³-hybridized carbons (Fsp3) is 0.483. The molecule has 1 heterocycles. The van der Waals surface area contributed by atoms with Crippen LogP contribution in [0.5, 0.6) is 0 Å². The Morgan fingerprint density at radius 3 is 2.60 bits per heavy atom. The predicted molar refractivity (Wildman–Crippen MR) is 133 cm³/mol. The fourth-order valence-electron chi connectivity index (χ4n) is 5.37. The Hall–Kier alpha value is -2.15. The highest BCUT2D eigenvalue weighted by Crippen LogP contribution is 2.44. The standard InChI is InChI=1S/C29H39N/c1-6-24-13-10-14-28(24)27(19-21(2)3)20-26-12-9-7-8-11-23(5)30-29(26)25-17-15-22(4)16-18-25/h7-9,11,15-18,24,27-28H,2,6,10,12-14,19-20H2,1,3-5H3/b9-7-,11-8-,29-26+,30-23+. The van der Waals surface area contributed by atoms with E-state index in [0.717, 1.165) is 36.8 Å². The zero-order valence-corrected chi connectivity index (χ0v) is 19.5. The van der Waals surface area contributed by atoms with Gasteiger partial charge in [0.2, 0.25) is 0 Å². The van der Waals surface area contributed by atoms with Crippen molar-refractivity contribution in [1.29, 1.82) is 0 Å². The molecule has 1 fully saturated rings. The van der Waals surface area contributed by atoms with Gasteiger partial charge in [0.15, 0.2) is 0 Å². The molecule has 0 saturated heterocycles. The van der Waals surface area contributed by atoms with E-state index in [4.69, 9.17) is 4.99 Å². The maximum atomic E-state index is 5.12. The molecule has 0 amide bonds. The van der Waals surface area contributed by atoms with Crippen molar-refractivity contribution in [1.82, 2.24) is 0 Å². The highest BCUT2D eigenvalue weighted by atomic mass is 14.8. The van der Waals surface area contributed by atoms with Gasteiger partial charge in [0.25, 0.3) is 0 Å². The summed E-state index contributed by atoms with van der Waals surface area (Å²) in [4.78, 5) is 5.12. The van der Waals surface area contributed by atoms with Crippen LogP contribution < -0.4 is 0 Å². The van der Waals surface area contributed by atoms with Crippen LogP contribution in [-0.4, -0.2) is 5.71 Å². The van der Waals surface area contributed by atoms with Gasteiger partial charge in [0.05, 0.1) is 5.70 Å². The van der Waals surface area contributed by atoms with Crippen molar-refractivity contribution < 1.29 is 0 Å². The number of hydrogen-bond donors (Lipinski definition) is 0. The molecule has 1 aliphatic heterocycles. The molecule has 1 aromatic rings. The summed E-state index contributed by atoms with van der Waals surface area (Å²) in [5.74, 6) is 2.36. The van der Waals surface area contributed by atoms with Crippen molar-refractivity contribution in [2.75, 3.05) is 0 Å². The highest BCUT2D eigenvalue weighted by Gasteiger charge is 2.33. The minimum atomic E-state index is 0.669. The molecule has 0 aromatic heterocycles. The van der Waals surface area contributed by atoms with Gasteiger partial charge in [-0.05, 0) is 75.9 Å². The third-order valence-electron chi connectivity index (χ3n) is 6.86. The van der Waals surface area contributed by atoms with Gasteiger partial charge < -0.3 is 0 Å². The summed E-state index contributed by atoms with van der Waals surface area (Å²) in [7, 11) is 0. The molecule has 1 aromatic carbocycles. The van der Waals surface area contributed by atoms with Crippen molar-refractivity contribution >= 4 is 11.4 Å². The van der Waals surface area contributed by atoms with Crippen LogP contribution in [0.1, 0.15) is 76.8 Å². The smallest absolute Gasteiger partial charge is 0.0700 e. The SMILES string of the molecule is C=C(C)CC(C/C1=C(c2ccc(C)cc2)/N=C(C)/C=C\C=C/C1)C1CCCC1CC. The number of hydrogen-bond acceptors (Lipinski definition) is 1. The first-order valence-electron chi connectivity index (χ1n) is 11.8. The molecule has 1 nitrogen and oxygen atoms in total. The van der Waals surface area contributed by atoms with Crippen molar-refractivity contribution in [3.63, 3.8) is 0 Å². The van der Waals surface area contributed by atoms with Gasteiger partial charge in [0, 0.05) is 11.3 Å². The Balaban J connectivity index is 2.03. The average molecular weight is 402 g/mol. The molecule has 0 radical (unpaired) electrons. The first-order chi connectivity index (χ1) is 14.5. The molecule has 0 bridgehead atoms. The van der Waals surface area contributed by atoms with E-state index in [1.807, 2.05) is 0 Å². The summed E-state index contributed by atoms with van der Waals surface area (Å²) in [5.41, 5.74) is 7.58. The molecular formula is C29H39N. The summed E-state index contributed by atoms with van der Waals surface area (Å²) in [6, 6.07) is 8.90. The summed E-state index contributed by atoms with van der Waals surface area (Å²) < 4.78 is 0. The van der Waals surface area contributed by atoms with E-state index in [9.17, 15) is 0 Å². The molecule has 1 heteroatoms. The number of aliphatic imine (C=N–C) groups is 1. The lowest BCUT2D eigenvalue weighted by Crippen LogP contribution is -2.20. The van der Waals surface area contributed by atoms with Gasteiger partial charge in [-0.1, -0.05) is 79.8 Å². The van der Waals surface area contributed by atoms with E-state index in [0.29, 0.717) is 5.92 Å². The van der Waals surface area contributed by atoms with Gasteiger partial charge in [0.1, 0.15) is 0 Å². The number of allylic oxidation sites excluding steroid dienone is 6. The maximum Gasteiger partial charge on any atom is 0.0700 e. The normalized spacial score (nSPS) is 29.3. The lowest BCUT2D eigenvalue weighted by Gasteiger charge is -2.30. The molecule has 160 valence electrons. The highest BCUT2D eigenvalue weighted by molar-refractivity contribution is 5.97. The van der Waals surface area contributed by atoms with Crippen LogP contribution in [0.3, 0.4) is 0 Å². The van der Waals surface area contributed by atoms with E-state index < -0.39 is 0 Å². The second-order valence-electron chi connectivity index (χ2n) is 9.45. The summed E-state index contributed by atoms with van der Waals surface area (Å²) in [5, 5.41) is 0. The Morgan fingerprint density at radius 1 is 1.13 bits per heavy atom. The van der Waals surface area contributed by atoms with Crippen molar-refractivity contribution in [3.05, 3.63) is 77.4 Å². The maximum absolute atomic E-state index is 5.12. The van der Waals surface area contributed by atoms with Crippen LogP contribution in [0.2, 0.25) is 0 Å². The lowest BCUT2D eigenvalue weighted by molar-refractivity contribution is 0.250. The molecular weight excluding hydrogens is 362 g/mol. The molecule has 0 spiro atoms. The van der Waals surface area contributed by atoms with Gasteiger partial charge in [-0.2, -0.15) is 0 Å². The molecule has 3 unspecified atom stereocenters. The van der Waals surface area contributed by atoms with E-state index >= 15 is 0 Å². The molecule has 3 rings (SSSR count). The van der Waals surface area contributed by atoms with Crippen LogP contribution in [-0.2, 0) is 0 Å². The van der Waals surface area contributed by atoms with E-state index in [-0.39, 0.29) is 0 Å². The third-order valence-corrected chi connectivity index (χ3v) is 6.86. The minimum Gasteiger partial charge on any atom is -0.253 e. The molecule has 2 aliphatic rings. The topological polar surface area (TPSA) is 12.4 Å². The molecule has 3 atom stereocenters. The Bertz CT molecular complexity index is 847. The molecule has 1 saturated carbocycles. The van der Waals surface area contributed by atoms with Crippen molar-refractivity contribution in [2.45, 2.75) is 72.6 Å². The second-order valence-corrected chi connectivity index (χ2v) is 9.45. The molecule has 30 heavy (non-hydrogen) atoms. The molecule has 0 N–H and O–H groups in total. The van der Waals surface area contributed by atoms with Gasteiger partial charge in [-0.25, -0.2) is 0 Å². The first-order valence-corrected chi connectivity index (χ1v) is 11.8. The summed E-state index contributed by atoms with van der Waals surface area (Å²) in [6.45, 7) is 13.1. The van der Waals surface area contributed by atoms with E-state index in [2.05, 4.69) is 82.8 Å². The number of benzene rings is 1. The van der Waals surface area contributed by atoms with Gasteiger partial charge in [-0.3, -0.25) is 4.99 Å². The zero-order chi connectivity index (χ0) is 21.5. The Labute approximate surface area is 184 Å². The van der Waals surface area contributed by atoms with Gasteiger partial charge >= 0.3 is 0 Å². The zero-order valence-electron chi connectivity index (χ0n) is 19.5. The van der Waals surface area contributed by atoms with Crippen LogP contribution >= 0.6 is 0 Å². The lowest BCUT2D eigenvalue weighted by atomic mass is 9.75. The van der Waals surface area contributed by atoms with E-state index in [1.165, 1.54) is 53.7 Å². The Kier molecular flexibility index (Phi) is 8.08. The van der Waals surface area contributed by atoms with Gasteiger partial charge in [-0.15, -0.1) is 6.58 Å². The third kappa shape index (κ3) is 5.94. The van der Waals surface area contributed by atoms with Crippen LogP contribution in [0, 0.1) is 24.7 Å². The summed E-state index contributed by atoms with van der Waals surface area (Å²) >= 11 is 0. The van der Waals surface area contributed by atoms with Crippen molar-refractivity contribution in [3.8, 4) is 0 Å². The minimum absolute atomic E-state index is 0.669. The number of aryl methyl sites for hydroxylation is 1. The van der Waals surface area contributed by atoms with E-state index in [1.54, 1.807) is 0 Å². The Morgan fingerprint density at radius 2 is 1.90 bits per heavy atom. The van der Waals surface area contributed by atoms with Crippen LogP contribution in [0.25, 0.3) is 5.70 Å². The van der Waals surface area contributed by atoms with Crippen LogP contribution in [0.15, 0.2) is 71.3 Å². The van der Waals surface area contributed by atoms with Crippen LogP contribution in [0.4, 0.5) is 0 Å².